The Morgan fingerprint density at radius 1 is 1.22 bits per heavy atom. The summed E-state index contributed by atoms with van der Waals surface area (Å²) in [7, 11) is 0.482. The molecule has 0 unspecified atom stereocenters. The van der Waals surface area contributed by atoms with E-state index >= 15 is 0 Å². The van der Waals surface area contributed by atoms with Gasteiger partial charge in [-0.3, -0.25) is 9.55 Å². The van der Waals surface area contributed by atoms with E-state index in [0.29, 0.717) is 24.7 Å². The van der Waals surface area contributed by atoms with Crippen LogP contribution in [0.1, 0.15) is 5.56 Å². The van der Waals surface area contributed by atoms with Crippen molar-refractivity contribution in [2.24, 2.45) is 0 Å². The Morgan fingerprint density at radius 2 is 2.04 bits per heavy atom. The van der Waals surface area contributed by atoms with E-state index in [4.69, 9.17) is 14.5 Å². The average molecular weight is 381 g/mol. The molecule has 0 bridgehead atoms. The van der Waals surface area contributed by atoms with Crippen LogP contribution in [0.25, 0.3) is 22.4 Å². The van der Waals surface area contributed by atoms with Gasteiger partial charge in [-0.1, -0.05) is 19.6 Å². The number of rotatable bonds is 7. The number of nitriles is 1. The molecule has 3 rings (SSSR count). The van der Waals surface area contributed by atoms with Crippen LogP contribution in [0.15, 0.2) is 36.7 Å². The number of pyridine rings is 1. The number of benzene rings is 1. The van der Waals surface area contributed by atoms with Gasteiger partial charge in [-0.25, -0.2) is 4.98 Å². The fraction of sp³-hybridized carbons (Fsp3) is 0.350. The van der Waals surface area contributed by atoms with E-state index in [9.17, 15) is 5.26 Å². The first kappa shape index (κ1) is 19.1. The van der Waals surface area contributed by atoms with Gasteiger partial charge in [0.05, 0.1) is 23.7 Å². The number of nitrogens with zero attached hydrogens (tertiary/aromatic N) is 4. The van der Waals surface area contributed by atoms with Crippen molar-refractivity contribution in [3.05, 3.63) is 42.2 Å². The summed E-state index contributed by atoms with van der Waals surface area (Å²) in [5.74, 6) is 1.46. The number of hydrogen-bond acceptors (Lipinski definition) is 5. The van der Waals surface area contributed by atoms with E-state index in [1.165, 1.54) is 0 Å². The van der Waals surface area contributed by atoms with Crippen LogP contribution in [0.2, 0.25) is 25.7 Å². The van der Waals surface area contributed by atoms with Gasteiger partial charge in [-0.2, -0.15) is 5.26 Å². The summed E-state index contributed by atoms with van der Waals surface area (Å²) in [5.41, 5.74) is 2.98. The second kappa shape index (κ2) is 7.90. The van der Waals surface area contributed by atoms with Gasteiger partial charge in [0.15, 0.2) is 0 Å². The maximum atomic E-state index is 9.46. The van der Waals surface area contributed by atoms with Crippen LogP contribution < -0.4 is 4.74 Å². The lowest BCUT2D eigenvalue weighted by Crippen LogP contribution is -2.22. The zero-order valence-electron chi connectivity index (χ0n) is 16.2. The third-order valence-corrected chi connectivity index (χ3v) is 6.06. The van der Waals surface area contributed by atoms with Crippen molar-refractivity contribution in [3.8, 4) is 23.2 Å². The minimum absolute atomic E-state index is 0.372. The molecule has 0 aliphatic rings. The quantitative estimate of drug-likeness (QED) is 0.451. The highest BCUT2D eigenvalue weighted by atomic mass is 28.3. The summed E-state index contributed by atoms with van der Waals surface area (Å²) in [5, 5.41) is 9.46. The highest BCUT2D eigenvalue weighted by Gasteiger charge is 2.17. The highest BCUT2D eigenvalue weighted by molar-refractivity contribution is 6.76. The van der Waals surface area contributed by atoms with Gasteiger partial charge in [-0.05, 0) is 24.2 Å². The van der Waals surface area contributed by atoms with Crippen molar-refractivity contribution in [2.45, 2.75) is 32.4 Å². The van der Waals surface area contributed by atoms with Gasteiger partial charge >= 0.3 is 0 Å². The fourth-order valence-electron chi connectivity index (χ4n) is 2.78. The van der Waals surface area contributed by atoms with Crippen molar-refractivity contribution in [2.75, 3.05) is 13.7 Å². The summed E-state index contributed by atoms with van der Waals surface area (Å²) in [6.45, 7) is 8.07. The molecule has 0 N–H and O–H groups in total. The molecule has 0 fully saturated rings. The standard InChI is InChI=1S/C20H24N4O2Si/c1-25-16-5-6-18-19(11-16)24(14-26-9-10-27(2,3)4)20(23-18)17-7-8-22-13-15(17)12-21/h5-8,11,13H,9-10,14H2,1-4H3. The smallest absolute Gasteiger partial charge is 0.144 e. The predicted octanol–water partition coefficient (Wildman–Crippen LogP) is 4.29. The number of aromatic nitrogens is 3. The largest absolute Gasteiger partial charge is 0.497 e. The Bertz CT molecular complexity index is 986. The van der Waals surface area contributed by atoms with Gasteiger partial charge in [0.25, 0.3) is 0 Å². The Balaban J connectivity index is 2.03. The average Bonchev–Trinajstić information content (AvgIpc) is 3.01. The molecule has 0 saturated heterocycles. The first-order chi connectivity index (χ1) is 12.9. The third-order valence-electron chi connectivity index (χ3n) is 4.35. The summed E-state index contributed by atoms with van der Waals surface area (Å²) in [4.78, 5) is 8.80. The Kier molecular flexibility index (Phi) is 5.58. The molecule has 0 saturated carbocycles. The molecule has 7 heteroatoms. The van der Waals surface area contributed by atoms with E-state index in [0.717, 1.165) is 28.4 Å². The molecule has 0 radical (unpaired) electrons. The predicted molar refractivity (Wildman–Crippen MR) is 108 cm³/mol. The van der Waals surface area contributed by atoms with Gasteiger partial charge < -0.3 is 9.47 Å². The van der Waals surface area contributed by atoms with E-state index in [-0.39, 0.29) is 0 Å². The molecule has 0 aliphatic carbocycles. The Labute approximate surface area is 160 Å². The number of hydrogen-bond donors (Lipinski definition) is 0. The van der Waals surface area contributed by atoms with Crippen molar-refractivity contribution in [3.63, 3.8) is 0 Å². The topological polar surface area (TPSA) is 73.0 Å². The number of ether oxygens (including phenoxy) is 2. The maximum absolute atomic E-state index is 9.46. The molecule has 1 aromatic carbocycles. The summed E-state index contributed by atoms with van der Waals surface area (Å²) in [6.07, 6.45) is 3.23. The first-order valence-electron chi connectivity index (χ1n) is 8.89. The summed E-state index contributed by atoms with van der Waals surface area (Å²) < 4.78 is 13.4. The molecule has 2 aromatic heterocycles. The maximum Gasteiger partial charge on any atom is 0.144 e. The van der Waals surface area contributed by atoms with Crippen LogP contribution in [-0.2, 0) is 11.5 Å². The molecule has 0 amide bonds. The molecular weight excluding hydrogens is 356 g/mol. The van der Waals surface area contributed by atoms with E-state index in [2.05, 4.69) is 30.7 Å². The number of imidazole rings is 1. The Hall–Kier alpha value is -2.69. The van der Waals surface area contributed by atoms with Crippen LogP contribution in [-0.4, -0.2) is 36.3 Å². The van der Waals surface area contributed by atoms with Crippen molar-refractivity contribution < 1.29 is 9.47 Å². The highest BCUT2D eigenvalue weighted by Crippen LogP contribution is 2.29. The first-order valence-corrected chi connectivity index (χ1v) is 12.6. The van der Waals surface area contributed by atoms with Gasteiger partial charge in [0, 0.05) is 38.7 Å². The van der Waals surface area contributed by atoms with Crippen LogP contribution >= 0.6 is 0 Å². The second-order valence-corrected chi connectivity index (χ2v) is 13.2. The zero-order valence-corrected chi connectivity index (χ0v) is 17.2. The van der Waals surface area contributed by atoms with Gasteiger partial charge in [0.2, 0.25) is 0 Å². The molecule has 0 aliphatic heterocycles. The molecule has 3 aromatic rings. The fourth-order valence-corrected chi connectivity index (χ4v) is 3.54. The minimum Gasteiger partial charge on any atom is -0.497 e. The van der Waals surface area contributed by atoms with E-state index in [1.54, 1.807) is 19.5 Å². The third kappa shape index (κ3) is 4.35. The van der Waals surface area contributed by atoms with Gasteiger partial charge in [-0.15, -0.1) is 0 Å². The molecule has 6 nitrogen and oxygen atoms in total. The molecule has 27 heavy (non-hydrogen) atoms. The van der Waals surface area contributed by atoms with Gasteiger partial charge in [0.1, 0.15) is 24.4 Å². The van der Waals surface area contributed by atoms with Crippen LogP contribution in [0.3, 0.4) is 0 Å². The van der Waals surface area contributed by atoms with Crippen LogP contribution in [0.4, 0.5) is 0 Å². The van der Waals surface area contributed by atoms with Crippen LogP contribution in [0, 0.1) is 11.3 Å². The van der Waals surface area contributed by atoms with E-state index in [1.807, 2.05) is 28.8 Å². The monoisotopic (exact) mass is 380 g/mol. The SMILES string of the molecule is COc1ccc2nc(-c3ccncc3C#N)n(COCC[Si](C)(C)C)c2c1. The molecular formula is C20H24N4O2Si. The minimum atomic E-state index is -1.16. The lowest BCUT2D eigenvalue weighted by Gasteiger charge is -2.16. The summed E-state index contributed by atoms with van der Waals surface area (Å²) in [6, 6.07) is 10.9. The second-order valence-electron chi connectivity index (χ2n) is 7.60. The lowest BCUT2D eigenvalue weighted by molar-refractivity contribution is 0.0909. The number of fused-ring (bicyclic) bond motifs is 1. The normalized spacial score (nSPS) is 11.5. The molecule has 140 valence electrons. The molecule has 0 atom stereocenters. The van der Waals surface area contributed by atoms with Crippen molar-refractivity contribution >= 4 is 19.1 Å². The zero-order chi connectivity index (χ0) is 19.4. The van der Waals surface area contributed by atoms with Crippen molar-refractivity contribution in [1.29, 1.82) is 5.26 Å². The Morgan fingerprint density at radius 3 is 2.74 bits per heavy atom. The van der Waals surface area contributed by atoms with Crippen molar-refractivity contribution in [1.82, 2.24) is 14.5 Å². The molecule has 2 heterocycles. The van der Waals surface area contributed by atoms with Crippen LogP contribution in [0.5, 0.6) is 5.75 Å². The van der Waals surface area contributed by atoms with E-state index < -0.39 is 8.07 Å². The lowest BCUT2D eigenvalue weighted by atomic mass is 10.1. The molecule has 0 spiro atoms. The summed E-state index contributed by atoms with van der Waals surface area (Å²) >= 11 is 0. The number of methoxy groups -OCH3 is 1.